The van der Waals surface area contributed by atoms with E-state index in [-0.39, 0.29) is 46.5 Å². The van der Waals surface area contributed by atoms with Crippen molar-refractivity contribution in [1.82, 2.24) is 0 Å². The van der Waals surface area contributed by atoms with Crippen molar-refractivity contribution in [3.63, 3.8) is 0 Å². The van der Waals surface area contributed by atoms with Gasteiger partial charge < -0.3 is 14.8 Å². The van der Waals surface area contributed by atoms with Crippen LogP contribution in [0.2, 0.25) is 5.02 Å². The van der Waals surface area contributed by atoms with Crippen LogP contribution in [0, 0.1) is 23.7 Å². The molecule has 28 heavy (non-hydrogen) atoms. The van der Waals surface area contributed by atoms with Crippen molar-refractivity contribution in [2.24, 2.45) is 23.7 Å². The Labute approximate surface area is 175 Å². The Morgan fingerprint density at radius 2 is 1.89 bits per heavy atom. The molecule has 7 heteroatoms. The first-order chi connectivity index (χ1) is 13.5. The number of alkyl halides is 1. The summed E-state index contributed by atoms with van der Waals surface area (Å²) in [5.41, 5.74) is 0.660. The normalized spacial score (nSPS) is 32.3. The second-order valence-corrected chi connectivity index (χ2v) is 8.97. The molecular weight excluding hydrogens is 446 g/mol. The Balaban J connectivity index is 1.28. The number of ether oxygens (including phenoxy) is 2. The molecule has 2 aromatic carbocycles. The molecule has 1 N–H and O–H groups in total. The van der Waals surface area contributed by atoms with Crippen molar-refractivity contribution < 1.29 is 19.1 Å². The first kappa shape index (κ1) is 18.0. The fourth-order valence-electron chi connectivity index (χ4n) is 4.82. The smallest absolute Gasteiger partial charge is 0.310 e. The molecule has 1 aliphatic heterocycles. The third-order valence-corrected chi connectivity index (χ3v) is 7.52. The number of hydrogen-bond donors (Lipinski definition) is 1. The maximum Gasteiger partial charge on any atom is 0.310 e. The van der Waals surface area contributed by atoms with E-state index in [2.05, 4.69) is 21.2 Å². The molecule has 1 heterocycles. The summed E-state index contributed by atoms with van der Waals surface area (Å²) in [6.45, 7) is 0. The number of halogens is 2. The maximum atomic E-state index is 12.9. The Morgan fingerprint density at radius 3 is 2.64 bits per heavy atom. The minimum absolute atomic E-state index is 0.0577. The number of benzene rings is 2. The predicted octanol–water partition coefficient (Wildman–Crippen LogP) is 4.64. The van der Waals surface area contributed by atoms with Crippen molar-refractivity contribution in [1.29, 1.82) is 0 Å². The van der Waals surface area contributed by atoms with E-state index in [9.17, 15) is 9.59 Å². The average molecular weight is 463 g/mol. The topological polar surface area (TPSA) is 64.6 Å². The number of carbonyl (C=O) groups excluding carboxylic acids is 2. The van der Waals surface area contributed by atoms with Gasteiger partial charge >= 0.3 is 5.97 Å². The zero-order valence-corrected chi connectivity index (χ0v) is 17.0. The molecule has 5 rings (SSSR count). The lowest BCUT2D eigenvalue weighted by molar-refractivity contribution is -0.145. The van der Waals surface area contributed by atoms with Gasteiger partial charge in [-0.1, -0.05) is 39.7 Å². The lowest BCUT2D eigenvalue weighted by Crippen LogP contribution is -2.40. The molecule has 5 nitrogen and oxygen atoms in total. The van der Waals surface area contributed by atoms with E-state index in [4.69, 9.17) is 21.1 Å². The summed E-state index contributed by atoms with van der Waals surface area (Å²) in [5.74, 6) is 0.459. The van der Waals surface area contributed by atoms with Gasteiger partial charge in [-0.15, -0.1) is 0 Å². The lowest BCUT2D eigenvalue weighted by atomic mass is 9.79. The molecule has 1 amide bonds. The third kappa shape index (κ3) is 2.81. The minimum atomic E-state index is -0.348. The highest BCUT2D eigenvalue weighted by Gasteiger charge is 2.67. The van der Waals surface area contributed by atoms with E-state index in [0.29, 0.717) is 22.2 Å². The zero-order chi connectivity index (χ0) is 19.4. The van der Waals surface area contributed by atoms with E-state index < -0.39 is 0 Å². The standard InChI is InChI=1S/C21H17BrClNO4/c22-18-12-9-13-17(21(26)28-19(13)18)16(12)20(25)24-10-5-7-11(8-6-10)27-15-4-2-1-3-14(15)23/h1-8,12-13,16-19H,9H2,(H,24,25)/t12-,13+,16-,17-,18+,19-/m0/s1. The van der Waals surface area contributed by atoms with Crippen LogP contribution in [0.4, 0.5) is 5.69 Å². The molecule has 2 bridgehead atoms. The lowest BCUT2D eigenvalue weighted by Gasteiger charge is -2.27. The summed E-state index contributed by atoms with van der Waals surface area (Å²) < 4.78 is 11.2. The van der Waals surface area contributed by atoms with Crippen molar-refractivity contribution in [3.8, 4) is 11.5 Å². The van der Waals surface area contributed by atoms with Crippen molar-refractivity contribution in [2.45, 2.75) is 17.4 Å². The second kappa shape index (κ2) is 6.78. The quantitative estimate of drug-likeness (QED) is 0.531. The SMILES string of the molecule is O=C(Nc1ccc(Oc2ccccc2Cl)cc1)[C@H]1[C@@H]2C[C@H]3[C@H](OC(=O)[C@@H]31)[C@@H]2Br. The van der Waals surface area contributed by atoms with E-state index in [1.54, 1.807) is 36.4 Å². The molecular formula is C21H17BrClNO4. The molecule has 2 aliphatic carbocycles. The number of para-hydroxylation sites is 1. The Hall–Kier alpha value is -2.05. The zero-order valence-electron chi connectivity index (χ0n) is 14.7. The van der Waals surface area contributed by atoms with Crippen LogP contribution in [-0.2, 0) is 14.3 Å². The fourth-order valence-corrected chi connectivity index (χ4v) is 6.04. The minimum Gasteiger partial charge on any atom is -0.461 e. The van der Waals surface area contributed by atoms with Gasteiger partial charge in [0.1, 0.15) is 17.6 Å². The highest BCUT2D eigenvalue weighted by atomic mass is 79.9. The second-order valence-electron chi connectivity index (χ2n) is 7.51. The number of rotatable bonds is 4. The summed E-state index contributed by atoms with van der Waals surface area (Å²) in [6, 6.07) is 14.3. The van der Waals surface area contributed by atoms with E-state index in [1.165, 1.54) is 0 Å². The van der Waals surface area contributed by atoms with Crippen LogP contribution in [0.1, 0.15) is 6.42 Å². The number of amides is 1. The number of esters is 1. The maximum absolute atomic E-state index is 12.9. The number of hydrogen-bond acceptors (Lipinski definition) is 4. The highest BCUT2D eigenvalue weighted by molar-refractivity contribution is 9.09. The Morgan fingerprint density at radius 1 is 1.14 bits per heavy atom. The van der Waals surface area contributed by atoms with Gasteiger partial charge in [0, 0.05) is 11.6 Å². The van der Waals surface area contributed by atoms with Gasteiger partial charge in [-0.05, 0) is 48.7 Å². The van der Waals surface area contributed by atoms with Crippen molar-refractivity contribution in [2.75, 3.05) is 5.32 Å². The van der Waals surface area contributed by atoms with Crippen LogP contribution < -0.4 is 10.1 Å². The van der Waals surface area contributed by atoms with Crippen LogP contribution in [0.5, 0.6) is 11.5 Å². The molecule has 0 aromatic heterocycles. The molecule has 0 radical (unpaired) electrons. The van der Waals surface area contributed by atoms with Gasteiger partial charge in [-0.2, -0.15) is 0 Å². The molecule has 2 aromatic rings. The van der Waals surface area contributed by atoms with Crippen molar-refractivity contribution >= 4 is 45.1 Å². The molecule has 1 saturated heterocycles. The summed E-state index contributed by atoms with van der Waals surface area (Å²) in [7, 11) is 0. The van der Waals surface area contributed by atoms with Gasteiger partial charge in [-0.25, -0.2) is 0 Å². The summed E-state index contributed by atoms with van der Waals surface area (Å²) in [4.78, 5) is 25.2. The van der Waals surface area contributed by atoms with Gasteiger partial charge in [0.25, 0.3) is 0 Å². The van der Waals surface area contributed by atoms with E-state index >= 15 is 0 Å². The first-order valence-corrected chi connectivity index (χ1v) is 10.5. The number of anilines is 1. The molecule has 0 unspecified atom stereocenters. The number of fused-ring (bicyclic) bond motifs is 1. The van der Waals surface area contributed by atoms with E-state index in [1.807, 2.05) is 12.1 Å². The fraction of sp³-hybridized carbons (Fsp3) is 0.333. The predicted molar refractivity (Wildman–Crippen MR) is 108 cm³/mol. The van der Waals surface area contributed by atoms with Crippen molar-refractivity contribution in [3.05, 3.63) is 53.6 Å². The molecule has 144 valence electrons. The summed E-state index contributed by atoms with van der Waals surface area (Å²) in [6.07, 6.45) is 0.785. The van der Waals surface area contributed by atoms with Gasteiger partial charge in [0.05, 0.1) is 21.7 Å². The van der Waals surface area contributed by atoms with Crippen LogP contribution in [-0.4, -0.2) is 22.8 Å². The Bertz CT molecular complexity index is 950. The highest BCUT2D eigenvalue weighted by Crippen LogP contribution is 2.60. The van der Waals surface area contributed by atoms with Crippen LogP contribution in [0.3, 0.4) is 0 Å². The average Bonchev–Trinajstić information content (AvgIpc) is 3.29. The molecule has 2 saturated carbocycles. The summed E-state index contributed by atoms with van der Waals surface area (Å²) in [5, 5.41) is 3.48. The summed E-state index contributed by atoms with van der Waals surface area (Å²) >= 11 is 9.74. The van der Waals surface area contributed by atoms with Crippen LogP contribution in [0.25, 0.3) is 0 Å². The van der Waals surface area contributed by atoms with Gasteiger partial charge in [-0.3, -0.25) is 9.59 Å². The number of carbonyl (C=O) groups is 2. The monoisotopic (exact) mass is 461 g/mol. The van der Waals surface area contributed by atoms with Gasteiger partial charge in [0.2, 0.25) is 5.91 Å². The molecule has 3 aliphatic rings. The largest absolute Gasteiger partial charge is 0.461 e. The van der Waals surface area contributed by atoms with Crippen LogP contribution >= 0.6 is 27.5 Å². The molecule has 3 fully saturated rings. The third-order valence-electron chi connectivity index (χ3n) is 6.01. The van der Waals surface area contributed by atoms with Gasteiger partial charge in [0.15, 0.2) is 0 Å². The molecule has 0 spiro atoms. The van der Waals surface area contributed by atoms with Crippen LogP contribution in [0.15, 0.2) is 48.5 Å². The number of nitrogens with one attached hydrogen (secondary N) is 1. The van der Waals surface area contributed by atoms with E-state index in [0.717, 1.165) is 6.42 Å². The molecule has 6 atom stereocenters. The first-order valence-electron chi connectivity index (χ1n) is 9.21. The Kier molecular flexibility index (Phi) is 4.36.